The monoisotopic (exact) mass is 308 g/mol. The van der Waals surface area contributed by atoms with Crippen molar-refractivity contribution in [1.29, 1.82) is 0 Å². The molecule has 1 aromatic carbocycles. The summed E-state index contributed by atoms with van der Waals surface area (Å²) < 4.78 is 0. The second-order valence-corrected chi connectivity index (χ2v) is 6.02. The molecular weight excluding hydrogens is 288 g/mol. The zero-order valence-corrected chi connectivity index (χ0v) is 13.5. The topological polar surface area (TPSA) is 60.9 Å². The van der Waals surface area contributed by atoms with Crippen LogP contribution in [0, 0.1) is 13.8 Å². The van der Waals surface area contributed by atoms with Crippen molar-refractivity contribution in [3.8, 4) is 0 Å². The van der Waals surface area contributed by atoms with Gasteiger partial charge >= 0.3 is 0 Å². The van der Waals surface area contributed by atoms with Gasteiger partial charge < -0.3 is 9.80 Å². The largest absolute Gasteiger partial charge is 0.368 e. The van der Waals surface area contributed by atoms with E-state index < -0.39 is 0 Å². The summed E-state index contributed by atoms with van der Waals surface area (Å²) in [5.74, 6) is 0.976. The fourth-order valence-corrected chi connectivity index (χ4v) is 3.24. The van der Waals surface area contributed by atoms with Crippen molar-refractivity contribution < 1.29 is 0 Å². The van der Waals surface area contributed by atoms with Gasteiger partial charge in [0.15, 0.2) is 5.65 Å². The van der Waals surface area contributed by atoms with Crippen molar-refractivity contribution in [3.63, 3.8) is 0 Å². The van der Waals surface area contributed by atoms with Crippen LogP contribution in [0.3, 0.4) is 0 Å². The third-order valence-electron chi connectivity index (χ3n) is 4.72. The molecule has 1 fully saturated rings. The lowest BCUT2D eigenvalue weighted by Gasteiger charge is -2.37. The Kier molecular flexibility index (Phi) is 3.37. The van der Waals surface area contributed by atoms with Crippen molar-refractivity contribution in [2.75, 3.05) is 36.0 Å². The first-order valence-corrected chi connectivity index (χ1v) is 7.94. The molecule has 3 aromatic rings. The maximum Gasteiger partial charge on any atom is 0.160 e. The van der Waals surface area contributed by atoms with Crippen LogP contribution in [0.25, 0.3) is 11.0 Å². The maximum absolute atomic E-state index is 4.47. The van der Waals surface area contributed by atoms with Crippen LogP contribution in [0.2, 0.25) is 0 Å². The van der Waals surface area contributed by atoms with Crippen LogP contribution < -0.4 is 9.80 Å². The maximum atomic E-state index is 4.47. The van der Waals surface area contributed by atoms with Gasteiger partial charge in [-0.05, 0) is 31.0 Å². The number of piperazine rings is 1. The molecule has 1 saturated heterocycles. The Morgan fingerprint density at radius 1 is 1.00 bits per heavy atom. The van der Waals surface area contributed by atoms with Crippen molar-refractivity contribution in [2.24, 2.45) is 0 Å². The minimum Gasteiger partial charge on any atom is -0.368 e. The average molecular weight is 308 g/mol. The highest BCUT2D eigenvalue weighted by atomic mass is 15.3. The van der Waals surface area contributed by atoms with Crippen molar-refractivity contribution >= 4 is 22.5 Å². The molecule has 3 heterocycles. The molecule has 0 bridgehead atoms. The summed E-state index contributed by atoms with van der Waals surface area (Å²) in [5.41, 5.74) is 4.87. The van der Waals surface area contributed by atoms with Gasteiger partial charge in [-0.1, -0.05) is 12.1 Å². The fraction of sp³-hybridized carbons (Fsp3) is 0.353. The van der Waals surface area contributed by atoms with Crippen LogP contribution in [0.15, 0.2) is 30.7 Å². The van der Waals surface area contributed by atoms with E-state index in [4.69, 9.17) is 0 Å². The zero-order chi connectivity index (χ0) is 15.8. The van der Waals surface area contributed by atoms with Gasteiger partial charge in [-0.3, -0.25) is 5.10 Å². The number of benzene rings is 1. The van der Waals surface area contributed by atoms with Crippen LogP contribution in [-0.4, -0.2) is 46.3 Å². The van der Waals surface area contributed by atoms with E-state index in [9.17, 15) is 0 Å². The second kappa shape index (κ2) is 5.53. The lowest BCUT2D eigenvalue weighted by Crippen LogP contribution is -2.47. The Bertz CT molecular complexity index is 832. The minimum absolute atomic E-state index is 0.798. The van der Waals surface area contributed by atoms with E-state index in [1.54, 1.807) is 6.33 Å². The lowest BCUT2D eigenvalue weighted by atomic mass is 10.1. The van der Waals surface area contributed by atoms with E-state index >= 15 is 0 Å². The molecular formula is C17H20N6. The molecule has 0 aliphatic carbocycles. The van der Waals surface area contributed by atoms with E-state index in [2.05, 4.69) is 62.0 Å². The molecule has 0 amide bonds. The molecule has 0 spiro atoms. The number of aryl methyl sites for hydroxylation is 1. The Morgan fingerprint density at radius 3 is 2.61 bits per heavy atom. The van der Waals surface area contributed by atoms with Gasteiger partial charge in [0.25, 0.3) is 0 Å². The number of anilines is 2. The third kappa shape index (κ3) is 2.40. The Labute approximate surface area is 135 Å². The number of aromatic amines is 1. The highest BCUT2D eigenvalue weighted by Gasteiger charge is 2.21. The van der Waals surface area contributed by atoms with E-state index in [1.165, 1.54) is 16.8 Å². The predicted molar refractivity (Wildman–Crippen MR) is 92.0 cm³/mol. The molecule has 1 aliphatic heterocycles. The number of nitrogens with one attached hydrogen (secondary N) is 1. The smallest absolute Gasteiger partial charge is 0.160 e. The predicted octanol–water partition coefficient (Wildman–Crippen LogP) is 2.30. The molecule has 6 heteroatoms. The molecule has 0 saturated carbocycles. The first kappa shape index (κ1) is 14.0. The molecule has 1 aliphatic rings. The number of hydrogen-bond donors (Lipinski definition) is 1. The molecule has 0 unspecified atom stereocenters. The number of H-pyrrole nitrogens is 1. The molecule has 0 radical (unpaired) electrons. The van der Waals surface area contributed by atoms with Crippen molar-refractivity contribution in [3.05, 3.63) is 41.9 Å². The number of aromatic nitrogens is 4. The van der Waals surface area contributed by atoms with Crippen LogP contribution in [0.4, 0.5) is 11.5 Å². The summed E-state index contributed by atoms with van der Waals surface area (Å²) in [6, 6.07) is 6.53. The normalized spacial score (nSPS) is 15.4. The van der Waals surface area contributed by atoms with Crippen LogP contribution >= 0.6 is 0 Å². The van der Waals surface area contributed by atoms with Gasteiger partial charge in [0.05, 0.1) is 11.6 Å². The number of hydrogen-bond acceptors (Lipinski definition) is 5. The first-order valence-electron chi connectivity index (χ1n) is 7.94. The molecule has 6 nitrogen and oxygen atoms in total. The molecule has 1 N–H and O–H groups in total. The van der Waals surface area contributed by atoms with Gasteiger partial charge in [0.1, 0.15) is 12.1 Å². The van der Waals surface area contributed by atoms with Gasteiger partial charge in [-0.25, -0.2) is 9.97 Å². The minimum atomic E-state index is 0.798. The Hall–Kier alpha value is -2.63. The highest BCUT2D eigenvalue weighted by Crippen LogP contribution is 2.26. The van der Waals surface area contributed by atoms with Crippen molar-refractivity contribution in [2.45, 2.75) is 13.8 Å². The van der Waals surface area contributed by atoms with E-state index in [-0.39, 0.29) is 0 Å². The summed E-state index contributed by atoms with van der Waals surface area (Å²) in [4.78, 5) is 13.5. The summed E-state index contributed by atoms with van der Waals surface area (Å²) in [6.07, 6.45) is 3.41. The van der Waals surface area contributed by atoms with Crippen LogP contribution in [0.1, 0.15) is 11.1 Å². The first-order chi connectivity index (χ1) is 11.2. The molecule has 0 atom stereocenters. The number of rotatable bonds is 2. The highest BCUT2D eigenvalue weighted by molar-refractivity contribution is 5.86. The SMILES string of the molecule is Cc1cccc(N2CCN(c3ncnc4[nH]ncc34)CC2)c1C. The molecule has 118 valence electrons. The van der Waals surface area contributed by atoms with Crippen LogP contribution in [-0.2, 0) is 0 Å². The van der Waals surface area contributed by atoms with E-state index in [0.29, 0.717) is 0 Å². The summed E-state index contributed by atoms with van der Waals surface area (Å²) in [6.45, 7) is 8.26. The molecule has 23 heavy (non-hydrogen) atoms. The standard InChI is InChI=1S/C17H20N6/c1-12-4-3-5-15(13(12)2)22-6-8-23(9-7-22)17-14-10-20-21-16(14)18-11-19-17/h3-5,10-11H,6-9H2,1-2H3,(H,18,19,20,21). The van der Waals surface area contributed by atoms with Crippen molar-refractivity contribution in [1.82, 2.24) is 20.2 Å². The van der Waals surface area contributed by atoms with Gasteiger partial charge in [-0.15, -0.1) is 0 Å². The zero-order valence-electron chi connectivity index (χ0n) is 13.5. The summed E-state index contributed by atoms with van der Waals surface area (Å²) in [5, 5.41) is 7.98. The van der Waals surface area contributed by atoms with Gasteiger partial charge in [0.2, 0.25) is 0 Å². The Morgan fingerprint density at radius 2 is 1.78 bits per heavy atom. The summed E-state index contributed by atoms with van der Waals surface area (Å²) in [7, 11) is 0. The summed E-state index contributed by atoms with van der Waals surface area (Å²) >= 11 is 0. The van der Waals surface area contributed by atoms with Crippen LogP contribution in [0.5, 0.6) is 0 Å². The fourth-order valence-electron chi connectivity index (χ4n) is 3.24. The lowest BCUT2D eigenvalue weighted by molar-refractivity contribution is 0.647. The van der Waals surface area contributed by atoms with E-state index in [0.717, 1.165) is 43.0 Å². The second-order valence-electron chi connectivity index (χ2n) is 6.02. The number of nitrogens with zero attached hydrogens (tertiary/aromatic N) is 5. The quantitative estimate of drug-likeness (QED) is 0.787. The molecule has 4 rings (SSSR count). The average Bonchev–Trinajstić information content (AvgIpc) is 3.06. The van der Waals surface area contributed by atoms with Gasteiger partial charge in [0, 0.05) is 31.9 Å². The number of fused-ring (bicyclic) bond motifs is 1. The van der Waals surface area contributed by atoms with E-state index in [1.807, 2.05) is 6.20 Å². The third-order valence-corrected chi connectivity index (χ3v) is 4.72. The van der Waals surface area contributed by atoms with Gasteiger partial charge in [-0.2, -0.15) is 5.10 Å². The Balaban J connectivity index is 1.55. The molecule has 2 aromatic heterocycles.